The zero-order chi connectivity index (χ0) is 21.1. The molecule has 1 aromatic carbocycles. The molecule has 7 nitrogen and oxygen atoms in total. The Morgan fingerprint density at radius 1 is 1.17 bits per heavy atom. The predicted molar refractivity (Wildman–Crippen MR) is 120 cm³/mol. The van der Waals surface area contributed by atoms with E-state index in [1.807, 2.05) is 20.8 Å². The second-order valence-electron chi connectivity index (χ2n) is 6.68. The third kappa shape index (κ3) is 5.04. The molecular weight excluding hydrogens is 408 g/mol. The summed E-state index contributed by atoms with van der Waals surface area (Å²) in [5, 5.41) is 5.84. The molecule has 2 amide bonds. The molecule has 2 heterocycles. The fraction of sp³-hybridized carbons (Fsp3) is 0.300. The fourth-order valence-electron chi connectivity index (χ4n) is 2.73. The summed E-state index contributed by atoms with van der Waals surface area (Å²) in [5.41, 5.74) is 2.15. The van der Waals surface area contributed by atoms with Gasteiger partial charge in [-0.05, 0) is 50.6 Å². The minimum Gasteiger partial charge on any atom is -0.326 e. The van der Waals surface area contributed by atoms with E-state index in [4.69, 9.17) is 0 Å². The van der Waals surface area contributed by atoms with Crippen molar-refractivity contribution < 1.29 is 9.59 Å². The zero-order valence-corrected chi connectivity index (χ0v) is 18.2. The zero-order valence-electron chi connectivity index (χ0n) is 16.6. The minimum absolute atomic E-state index is 0.135. The van der Waals surface area contributed by atoms with E-state index in [1.165, 1.54) is 30.0 Å². The summed E-state index contributed by atoms with van der Waals surface area (Å²) >= 11 is 2.91. The first-order valence-corrected chi connectivity index (χ1v) is 10.9. The number of nitrogens with one attached hydrogen (secondary N) is 3. The van der Waals surface area contributed by atoms with Crippen LogP contribution in [0, 0.1) is 13.8 Å². The Bertz CT molecular complexity index is 1120. The number of rotatable bonds is 6. The molecule has 0 fully saturated rings. The molecule has 3 aromatic rings. The molecule has 0 aliphatic rings. The standard InChI is InChI=1S/C20H22N4O3S2/c1-10-11(2)29-20-17(10)19(27)23-16(24-20)9-28-12(3)18(26)22-15-7-5-14(6-8-15)21-13(4)25/h5-8,12H,9H2,1-4H3,(H,21,25)(H,22,26)(H,23,24,27). The number of hydrogen-bond acceptors (Lipinski definition) is 6. The number of benzene rings is 1. The van der Waals surface area contributed by atoms with Crippen LogP contribution in [0.5, 0.6) is 0 Å². The highest BCUT2D eigenvalue weighted by atomic mass is 32.2. The smallest absolute Gasteiger partial charge is 0.259 e. The summed E-state index contributed by atoms with van der Waals surface area (Å²) < 4.78 is 0. The van der Waals surface area contributed by atoms with Gasteiger partial charge < -0.3 is 15.6 Å². The molecule has 0 spiro atoms. The summed E-state index contributed by atoms with van der Waals surface area (Å²) in [4.78, 5) is 45.0. The van der Waals surface area contributed by atoms with Crippen LogP contribution < -0.4 is 16.2 Å². The first-order chi connectivity index (χ1) is 13.7. The summed E-state index contributed by atoms with van der Waals surface area (Å²) in [6.07, 6.45) is 0. The first-order valence-electron chi connectivity index (χ1n) is 9.03. The van der Waals surface area contributed by atoms with Crippen molar-refractivity contribution in [1.82, 2.24) is 9.97 Å². The van der Waals surface area contributed by atoms with Gasteiger partial charge in [0.1, 0.15) is 10.7 Å². The Kier molecular flexibility index (Phi) is 6.39. The molecule has 1 atom stereocenters. The average molecular weight is 431 g/mol. The Balaban J connectivity index is 1.61. The number of aromatic nitrogens is 2. The van der Waals surface area contributed by atoms with Gasteiger partial charge >= 0.3 is 0 Å². The van der Waals surface area contributed by atoms with Crippen molar-refractivity contribution in [3.8, 4) is 0 Å². The Hall–Kier alpha value is -2.65. The molecule has 9 heteroatoms. The van der Waals surface area contributed by atoms with Gasteiger partial charge in [0.15, 0.2) is 0 Å². The number of anilines is 2. The highest BCUT2D eigenvalue weighted by Gasteiger charge is 2.16. The van der Waals surface area contributed by atoms with E-state index >= 15 is 0 Å². The SMILES string of the molecule is CC(=O)Nc1ccc(NC(=O)C(C)SCc2nc3sc(C)c(C)c3c(=O)[nH]2)cc1. The number of H-pyrrole nitrogens is 1. The normalized spacial score (nSPS) is 12.0. The summed E-state index contributed by atoms with van der Waals surface area (Å²) in [5.74, 6) is 0.697. The molecular formula is C20H22N4O3S2. The molecule has 29 heavy (non-hydrogen) atoms. The van der Waals surface area contributed by atoms with Gasteiger partial charge in [0.05, 0.1) is 16.4 Å². The number of amides is 2. The van der Waals surface area contributed by atoms with E-state index in [-0.39, 0.29) is 22.6 Å². The van der Waals surface area contributed by atoms with Crippen LogP contribution in [0.3, 0.4) is 0 Å². The lowest BCUT2D eigenvalue weighted by Crippen LogP contribution is -2.23. The second kappa shape index (κ2) is 8.79. The lowest BCUT2D eigenvalue weighted by atomic mass is 10.2. The number of nitrogens with zero attached hydrogens (tertiary/aromatic N) is 1. The maximum Gasteiger partial charge on any atom is 0.259 e. The molecule has 1 unspecified atom stereocenters. The van der Waals surface area contributed by atoms with Gasteiger partial charge in [0.25, 0.3) is 5.56 Å². The number of aromatic amines is 1. The molecule has 0 saturated carbocycles. The number of carbonyl (C=O) groups excluding carboxylic acids is 2. The largest absolute Gasteiger partial charge is 0.326 e. The summed E-state index contributed by atoms with van der Waals surface area (Å²) in [7, 11) is 0. The van der Waals surface area contributed by atoms with E-state index in [0.717, 1.165) is 15.3 Å². The Labute approximate surface area is 176 Å². The van der Waals surface area contributed by atoms with Crippen LogP contribution in [-0.2, 0) is 15.3 Å². The lowest BCUT2D eigenvalue weighted by Gasteiger charge is -2.12. The maximum atomic E-state index is 12.4. The molecule has 0 radical (unpaired) electrons. The highest BCUT2D eigenvalue weighted by molar-refractivity contribution is 7.99. The predicted octanol–water partition coefficient (Wildman–Crippen LogP) is 3.82. The molecule has 0 aliphatic heterocycles. The topological polar surface area (TPSA) is 104 Å². The van der Waals surface area contributed by atoms with Gasteiger partial charge in [-0.1, -0.05) is 0 Å². The van der Waals surface area contributed by atoms with Crippen molar-refractivity contribution in [2.24, 2.45) is 0 Å². The molecule has 3 N–H and O–H groups in total. The summed E-state index contributed by atoms with van der Waals surface area (Å²) in [6, 6.07) is 6.91. The highest BCUT2D eigenvalue weighted by Crippen LogP contribution is 2.26. The van der Waals surface area contributed by atoms with Crippen LogP contribution in [-0.4, -0.2) is 27.0 Å². The lowest BCUT2D eigenvalue weighted by molar-refractivity contribution is -0.115. The first kappa shape index (κ1) is 21.1. The summed E-state index contributed by atoms with van der Waals surface area (Å²) in [6.45, 7) is 7.15. The van der Waals surface area contributed by atoms with Gasteiger partial charge in [0.2, 0.25) is 11.8 Å². The Morgan fingerprint density at radius 3 is 2.41 bits per heavy atom. The van der Waals surface area contributed by atoms with Crippen molar-refractivity contribution in [2.75, 3.05) is 10.6 Å². The number of carbonyl (C=O) groups is 2. The van der Waals surface area contributed by atoms with Gasteiger partial charge in [-0.2, -0.15) is 0 Å². The maximum absolute atomic E-state index is 12.4. The number of fused-ring (bicyclic) bond motifs is 1. The van der Waals surface area contributed by atoms with Crippen LogP contribution in [0.2, 0.25) is 0 Å². The van der Waals surface area contributed by atoms with Crippen molar-refractivity contribution in [2.45, 2.75) is 38.7 Å². The van der Waals surface area contributed by atoms with Crippen LogP contribution in [0.1, 0.15) is 30.1 Å². The monoisotopic (exact) mass is 430 g/mol. The van der Waals surface area contributed by atoms with Gasteiger partial charge in [-0.15, -0.1) is 23.1 Å². The van der Waals surface area contributed by atoms with Crippen molar-refractivity contribution >= 4 is 56.5 Å². The van der Waals surface area contributed by atoms with E-state index in [9.17, 15) is 14.4 Å². The van der Waals surface area contributed by atoms with Gasteiger partial charge in [-0.25, -0.2) is 4.98 Å². The van der Waals surface area contributed by atoms with E-state index in [1.54, 1.807) is 24.3 Å². The van der Waals surface area contributed by atoms with Crippen LogP contribution >= 0.6 is 23.1 Å². The molecule has 0 aliphatic carbocycles. The quantitative estimate of drug-likeness (QED) is 0.551. The number of hydrogen-bond donors (Lipinski definition) is 3. The van der Waals surface area contributed by atoms with Crippen LogP contribution in [0.4, 0.5) is 11.4 Å². The van der Waals surface area contributed by atoms with Crippen LogP contribution in [0.15, 0.2) is 29.1 Å². The fourth-order valence-corrected chi connectivity index (χ4v) is 4.54. The van der Waals surface area contributed by atoms with Gasteiger partial charge in [0, 0.05) is 23.2 Å². The Morgan fingerprint density at radius 2 is 1.79 bits per heavy atom. The molecule has 3 rings (SSSR count). The third-order valence-corrected chi connectivity index (χ3v) is 6.66. The van der Waals surface area contributed by atoms with Crippen molar-refractivity contribution in [3.63, 3.8) is 0 Å². The minimum atomic E-state index is -0.335. The number of thiophene rings is 1. The molecule has 152 valence electrons. The average Bonchev–Trinajstić information content (AvgIpc) is 2.95. The molecule has 2 aromatic heterocycles. The van der Waals surface area contributed by atoms with Crippen molar-refractivity contribution in [3.05, 3.63) is 50.9 Å². The van der Waals surface area contributed by atoms with E-state index < -0.39 is 0 Å². The van der Waals surface area contributed by atoms with Crippen LogP contribution in [0.25, 0.3) is 10.2 Å². The van der Waals surface area contributed by atoms with E-state index in [0.29, 0.717) is 28.3 Å². The molecule has 0 bridgehead atoms. The van der Waals surface area contributed by atoms with Gasteiger partial charge in [-0.3, -0.25) is 14.4 Å². The third-order valence-electron chi connectivity index (χ3n) is 4.40. The molecule has 0 saturated heterocycles. The van der Waals surface area contributed by atoms with E-state index in [2.05, 4.69) is 20.6 Å². The number of thioether (sulfide) groups is 1. The second-order valence-corrected chi connectivity index (χ2v) is 9.21. The number of aryl methyl sites for hydroxylation is 2. The van der Waals surface area contributed by atoms with Crippen molar-refractivity contribution in [1.29, 1.82) is 0 Å².